The van der Waals surface area contributed by atoms with Gasteiger partial charge in [-0.15, -0.1) is 0 Å². The molecule has 0 saturated heterocycles. The van der Waals surface area contributed by atoms with E-state index in [0.29, 0.717) is 10.8 Å². The van der Waals surface area contributed by atoms with Gasteiger partial charge < -0.3 is 14.7 Å². The number of fused-ring (bicyclic) bond motifs is 5. The molecule has 0 unspecified atom stereocenters. The third kappa shape index (κ3) is 6.42. The number of aliphatic hydroxyl groups excluding tert-OH is 2. The van der Waals surface area contributed by atoms with Crippen LogP contribution in [0.25, 0.3) is 0 Å². The first-order valence-corrected chi connectivity index (χ1v) is 15.5. The second-order valence-corrected chi connectivity index (χ2v) is 15.4. The summed E-state index contributed by atoms with van der Waals surface area (Å²) < 4.78 is 0.844. The van der Waals surface area contributed by atoms with Crippen LogP contribution in [0.5, 0.6) is 0 Å². The second kappa shape index (κ2) is 11.8. The lowest BCUT2D eigenvalue weighted by Crippen LogP contribution is -2.50. The van der Waals surface area contributed by atoms with Crippen molar-refractivity contribution in [3.8, 4) is 0 Å². The van der Waals surface area contributed by atoms with E-state index in [1.165, 1.54) is 51.4 Å². The van der Waals surface area contributed by atoms with Crippen molar-refractivity contribution in [2.45, 2.75) is 112 Å². The standard InChI is InChI=1S/C28H48O.C5H14NO/c1-18(2)19(3)7-8-20(4)24-11-12-25-23-10-9-21-17-22(29)13-15-27(21,5)26(23)14-16-28(24,25)6;1-6(2,3)4-5-7/h9,18-20,22-26,29H,7-8,10-17H2,1-6H3;7H,4-5H2,1-3H3/q;+1/t19-,20-,22+,23+,24-,25+,26+,27+,28-;/m1./s1. The topological polar surface area (TPSA) is 40.5 Å². The Morgan fingerprint density at radius 1 is 0.944 bits per heavy atom. The van der Waals surface area contributed by atoms with Crippen LogP contribution in [0.15, 0.2) is 11.6 Å². The molecule has 4 rings (SSSR count). The number of hydrogen-bond acceptors (Lipinski definition) is 2. The fourth-order valence-corrected chi connectivity index (χ4v) is 8.98. The molecule has 0 spiro atoms. The summed E-state index contributed by atoms with van der Waals surface area (Å²) in [7, 11) is 6.16. The first-order valence-electron chi connectivity index (χ1n) is 15.5. The molecular weight excluding hydrogens is 442 g/mol. The zero-order chi connectivity index (χ0) is 26.9. The molecular formula is C33H62NO2+. The Bertz CT molecular complexity index is 738. The molecule has 0 aromatic carbocycles. The number of likely N-dealkylation sites (N-methyl/N-ethyl adjacent to an activating group) is 1. The predicted molar refractivity (Wildman–Crippen MR) is 154 cm³/mol. The van der Waals surface area contributed by atoms with Gasteiger partial charge in [-0.25, -0.2) is 0 Å². The molecule has 2 N–H and O–H groups in total. The van der Waals surface area contributed by atoms with Crippen LogP contribution < -0.4 is 0 Å². The molecule has 3 fully saturated rings. The van der Waals surface area contributed by atoms with Gasteiger partial charge in [-0.3, -0.25) is 0 Å². The van der Waals surface area contributed by atoms with Gasteiger partial charge in [-0.1, -0.05) is 66.0 Å². The summed E-state index contributed by atoms with van der Waals surface area (Å²) in [4.78, 5) is 0. The molecule has 3 heteroatoms. The van der Waals surface area contributed by atoms with Crippen molar-refractivity contribution in [2.75, 3.05) is 34.3 Å². The van der Waals surface area contributed by atoms with Gasteiger partial charge in [0.25, 0.3) is 0 Å². The molecule has 4 aliphatic carbocycles. The molecule has 3 nitrogen and oxygen atoms in total. The van der Waals surface area contributed by atoms with E-state index in [1.807, 2.05) is 0 Å². The molecule has 9 atom stereocenters. The molecule has 0 heterocycles. The van der Waals surface area contributed by atoms with E-state index in [0.717, 1.165) is 65.3 Å². The van der Waals surface area contributed by atoms with Gasteiger partial charge in [-0.05, 0) is 104 Å². The molecule has 4 aliphatic rings. The molecule has 0 amide bonds. The fraction of sp³-hybridized carbons (Fsp3) is 0.939. The number of nitrogens with zero attached hydrogens (tertiary/aromatic N) is 1. The highest BCUT2D eigenvalue weighted by Crippen LogP contribution is 2.67. The fourth-order valence-electron chi connectivity index (χ4n) is 8.98. The number of hydrogen-bond donors (Lipinski definition) is 2. The van der Waals surface area contributed by atoms with E-state index in [1.54, 1.807) is 5.57 Å². The van der Waals surface area contributed by atoms with Crippen LogP contribution in [-0.4, -0.2) is 55.1 Å². The lowest BCUT2D eigenvalue weighted by molar-refractivity contribution is -0.870. The summed E-state index contributed by atoms with van der Waals surface area (Å²) in [6.07, 6.45) is 15.7. The summed E-state index contributed by atoms with van der Waals surface area (Å²) in [6.45, 7) is 16.2. The molecule has 0 bridgehead atoms. The zero-order valence-electron chi connectivity index (χ0n) is 25.5. The van der Waals surface area contributed by atoms with E-state index < -0.39 is 0 Å². The Kier molecular flexibility index (Phi) is 9.88. The van der Waals surface area contributed by atoms with Crippen molar-refractivity contribution in [1.29, 1.82) is 0 Å². The summed E-state index contributed by atoms with van der Waals surface area (Å²) >= 11 is 0. The Labute approximate surface area is 224 Å². The first-order chi connectivity index (χ1) is 16.7. The second-order valence-electron chi connectivity index (χ2n) is 15.4. The quantitative estimate of drug-likeness (QED) is 0.282. The molecule has 3 saturated carbocycles. The largest absolute Gasteiger partial charge is 0.393 e. The highest BCUT2D eigenvalue weighted by Gasteiger charge is 2.59. The molecule has 0 aromatic heterocycles. The van der Waals surface area contributed by atoms with Crippen molar-refractivity contribution in [3.05, 3.63) is 11.6 Å². The van der Waals surface area contributed by atoms with Gasteiger partial charge in [0.05, 0.1) is 33.9 Å². The van der Waals surface area contributed by atoms with Crippen LogP contribution in [0.2, 0.25) is 0 Å². The SMILES string of the molecule is CC(C)[C@H](C)CC[C@@H](C)[C@H]1CC[C@H]2[C@@H]3CC=C4C[C@@H](O)CC[C@]4(C)[C@H]3CC[C@]12C.C[N+](C)(C)CCO. The monoisotopic (exact) mass is 504 g/mol. The van der Waals surface area contributed by atoms with Crippen molar-refractivity contribution in [1.82, 2.24) is 0 Å². The third-order valence-corrected chi connectivity index (χ3v) is 11.8. The van der Waals surface area contributed by atoms with Crippen LogP contribution >= 0.6 is 0 Å². The summed E-state index contributed by atoms with van der Waals surface area (Å²) in [6, 6.07) is 0. The minimum absolute atomic E-state index is 0.0790. The van der Waals surface area contributed by atoms with E-state index in [2.05, 4.69) is 68.8 Å². The maximum Gasteiger partial charge on any atom is 0.101 e. The molecule has 36 heavy (non-hydrogen) atoms. The van der Waals surface area contributed by atoms with Gasteiger partial charge >= 0.3 is 0 Å². The van der Waals surface area contributed by atoms with Gasteiger partial charge in [0, 0.05) is 0 Å². The molecule has 0 aromatic rings. The molecule has 0 radical (unpaired) electrons. The predicted octanol–water partition coefficient (Wildman–Crippen LogP) is 7.32. The van der Waals surface area contributed by atoms with Gasteiger partial charge in [0.1, 0.15) is 6.54 Å². The lowest BCUT2D eigenvalue weighted by atomic mass is 9.47. The maximum absolute atomic E-state index is 10.2. The van der Waals surface area contributed by atoms with Crippen molar-refractivity contribution >= 4 is 0 Å². The summed E-state index contributed by atoms with van der Waals surface area (Å²) in [5.74, 6) is 6.24. The van der Waals surface area contributed by atoms with E-state index >= 15 is 0 Å². The first kappa shape index (κ1) is 30.2. The lowest BCUT2D eigenvalue weighted by Gasteiger charge is -2.58. The minimum Gasteiger partial charge on any atom is -0.393 e. The molecule has 0 aliphatic heterocycles. The average Bonchev–Trinajstić information content (AvgIpc) is 3.14. The highest BCUT2D eigenvalue weighted by molar-refractivity contribution is 5.25. The van der Waals surface area contributed by atoms with Crippen LogP contribution in [-0.2, 0) is 0 Å². The Hall–Kier alpha value is -0.380. The van der Waals surface area contributed by atoms with Gasteiger partial charge in [0.2, 0.25) is 0 Å². The van der Waals surface area contributed by atoms with Crippen LogP contribution in [0.1, 0.15) is 106 Å². The Balaban J connectivity index is 0.000000454. The number of quaternary nitrogens is 1. The van der Waals surface area contributed by atoms with Crippen LogP contribution in [0.4, 0.5) is 0 Å². The van der Waals surface area contributed by atoms with Crippen LogP contribution in [0.3, 0.4) is 0 Å². The van der Waals surface area contributed by atoms with E-state index in [9.17, 15) is 5.11 Å². The highest BCUT2D eigenvalue weighted by atomic mass is 16.3. The smallest absolute Gasteiger partial charge is 0.101 e. The maximum atomic E-state index is 10.2. The zero-order valence-corrected chi connectivity index (χ0v) is 25.5. The van der Waals surface area contributed by atoms with Crippen LogP contribution in [0, 0.1) is 52.3 Å². The number of aliphatic hydroxyl groups is 2. The Morgan fingerprint density at radius 3 is 2.22 bits per heavy atom. The third-order valence-electron chi connectivity index (χ3n) is 11.8. The van der Waals surface area contributed by atoms with Crippen molar-refractivity contribution in [3.63, 3.8) is 0 Å². The molecule has 210 valence electrons. The summed E-state index contributed by atoms with van der Waals surface area (Å²) in [5.41, 5.74) is 2.59. The average molecular weight is 505 g/mol. The number of allylic oxidation sites excluding steroid dienone is 1. The Morgan fingerprint density at radius 2 is 1.64 bits per heavy atom. The summed E-state index contributed by atoms with van der Waals surface area (Å²) in [5, 5.41) is 18.6. The van der Waals surface area contributed by atoms with Gasteiger partial charge in [-0.2, -0.15) is 0 Å². The van der Waals surface area contributed by atoms with E-state index in [-0.39, 0.29) is 12.7 Å². The minimum atomic E-state index is -0.0790. The van der Waals surface area contributed by atoms with Crippen molar-refractivity contribution < 1.29 is 14.7 Å². The normalized spacial score (nSPS) is 39.8. The number of rotatable bonds is 7. The van der Waals surface area contributed by atoms with E-state index in [4.69, 9.17) is 5.11 Å². The van der Waals surface area contributed by atoms with Crippen molar-refractivity contribution in [2.24, 2.45) is 52.3 Å². The van der Waals surface area contributed by atoms with Gasteiger partial charge in [0.15, 0.2) is 0 Å².